The van der Waals surface area contributed by atoms with Gasteiger partial charge in [0.05, 0.1) is 0 Å². The molecule has 0 heteroatoms. The zero-order valence-corrected chi connectivity index (χ0v) is 12.2. The molecule has 0 spiro atoms. The van der Waals surface area contributed by atoms with E-state index in [0.29, 0.717) is 5.92 Å². The van der Waals surface area contributed by atoms with Gasteiger partial charge in [0.2, 0.25) is 0 Å². The molecule has 0 saturated heterocycles. The van der Waals surface area contributed by atoms with E-state index in [1.165, 1.54) is 22.3 Å². The van der Waals surface area contributed by atoms with Gasteiger partial charge >= 0.3 is 0 Å². The summed E-state index contributed by atoms with van der Waals surface area (Å²) in [5, 5.41) is 0. The van der Waals surface area contributed by atoms with E-state index in [0.717, 1.165) is 0 Å². The van der Waals surface area contributed by atoms with Crippen molar-refractivity contribution in [3.05, 3.63) is 59.7 Å². The van der Waals surface area contributed by atoms with Gasteiger partial charge in [0, 0.05) is 0 Å². The van der Waals surface area contributed by atoms with Crippen LogP contribution in [0.5, 0.6) is 0 Å². The third kappa shape index (κ3) is 3.73. The fourth-order valence-electron chi connectivity index (χ4n) is 1.81. The van der Waals surface area contributed by atoms with Gasteiger partial charge in [-0.25, -0.2) is 0 Å². The molecule has 0 amide bonds. The van der Waals surface area contributed by atoms with Crippen molar-refractivity contribution in [2.45, 2.75) is 40.5 Å². The van der Waals surface area contributed by atoms with Crippen LogP contribution in [0.2, 0.25) is 0 Å². The zero-order valence-electron chi connectivity index (χ0n) is 12.2. The maximum atomic E-state index is 2.22. The van der Waals surface area contributed by atoms with Gasteiger partial charge in [-0.2, -0.15) is 0 Å². The SMILES string of the molecule is CC.Cc1ccc(-c2ccc(C(C)C)cc2)cc1. The fourth-order valence-corrected chi connectivity index (χ4v) is 1.81. The molecule has 2 aromatic carbocycles. The van der Waals surface area contributed by atoms with Crippen molar-refractivity contribution in [2.75, 3.05) is 0 Å². The largest absolute Gasteiger partial charge is 0.0683 e. The molecule has 0 fully saturated rings. The summed E-state index contributed by atoms with van der Waals surface area (Å²) in [6.45, 7) is 10.6. The Balaban J connectivity index is 0.000000771. The summed E-state index contributed by atoms with van der Waals surface area (Å²) in [6.07, 6.45) is 0. The molecule has 0 unspecified atom stereocenters. The van der Waals surface area contributed by atoms with Crippen molar-refractivity contribution < 1.29 is 0 Å². The highest BCUT2D eigenvalue weighted by Crippen LogP contribution is 2.22. The predicted molar refractivity (Wildman–Crippen MR) is 82.1 cm³/mol. The predicted octanol–water partition coefficient (Wildman–Crippen LogP) is 5.81. The second kappa shape index (κ2) is 7.00. The van der Waals surface area contributed by atoms with E-state index in [4.69, 9.17) is 0 Å². The minimum atomic E-state index is 0.604. The van der Waals surface area contributed by atoms with Crippen LogP contribution in [0, 0.1) is 6.92 Å². The quantitative estimate of drug-likeness (QED) is 0.621. The van der Waals surface area contributed by atoms with Gasteiger partial charge in [0.25, 0.3) is 0 Å². The van der Waals surface area contributed by atoms with Crippen LogP contribution in [-0.4, -0.2) is 0 Å². The highest BCUT2D eigenvalue weighted by molar-refractivity contribution is 5.64. The lowest BCUT2D eigenvalue weighted by Gasteiger charge is -2.07. The Labute approximate surface area is 112 Å². The molecule has 0 aromatic heterocycles. The first kappa shape index (κ1) is 14.5. The lowest BCUT2D eigenvalue weighted by molar-refractivity contribution is 0.867. The highest BCUT2D eigenvalue weighted by atomic mass is 14.1. The Morgan fingerprint density at radius 2 is 1.06 bits per heavy atom. The summed E-state index contributed by atoms with van der Waals surface area (Å²) < 4.78 is 0. The molecule has 0 heterocycles. The third-order valence-corrected chi connectivity index (χ3v) is 2.96. The molecule has 0 nitrogen and oxygen atoms in total. The van der Waals surface area contributed by atoms with Gasteiger partial charge in [-0.3, -0.25) is 0 Å². The Kier molecular flexibility index (Phi) is 5.64. The van der Waals surface area contributed by atoms with E-state index in [1.54, 1.807) is 0 Å². The first-order valence-corrected chi connectivity index (χ1v) is 6.84. The zero-order chi connectivity index (χ0) is 13.5. The van der Waals surface area contributed by atoms with E-state index in [2.05, 4.69) is 69.3 Å². The highest BCUT2D eigenvalue weighted by Gasteiger charge is 2.00. The second-order valence-electron chi connectivity index (χ2n) is 4.64. The average molecular weight is 240 g/mol. The molecule has 0 radical (unpaired) electrons. The summed E-state index contributed by atoms with van der Waals surface area (Å²) in [7, 11) is 0. The standard InChI is InChI=1S/C16H18.C2H6/c1-12(2)14-8-10-16(11-9-14)15-6-4-13(3)5-7-15;1-2/h4-12H,1-3H3;1-2H3. The van der Waals surface area contributed by atoms with E-state index < -0.39 is 0 Å². The Morgan fingerprint density at radius 1 is 0.667 bits per heavy atom. The molecular weight excluding hydrogens is 216 g/mol. The Hall–Kier alpha value is -1.56. The maximum absolute atomic E-state index is 2.22. The number of benzene rings is 2. The topological polar surface area (TPSA) is 0 Å². The van der Waals surface area contributed by atoms with Gasteiger partial charge in [-0.15, -0.1) is 0 Å². The van der Waals surface area contributed by atoms with Crippen LogP contribution >= 0.6 is 0 Å². The summed E-state index contributed by atoms with van der Waals surface area (Å²) in [6, 6.07) is 17.5. The average Bonchev–Trinajstić information content (AvgIpc) is 2.42. The van der Waals surface area contributed by atoms with E-state index in [-0.39, 0.29) is 0 Å². The molecule has 0 aliphatic heterocycles. The molecule has 18 heavy (non-hydrogen) atoms. The summed E-state index contributed by atoms with van der Waals surface area (Å²) in [4.78, 5) is 0. The van der Waals surface area contributed by atoms with Crippen molar-refractivity contribution in [3.8, 4) is 11.1 Å². The minimum absolute atomic E-state index is 0.604. The normalized spacial score (nSPS) is 9.89. The fraction of sp³-hybridized carbons (Fsp3) is 0.333. The van der Waals surface area contributed by atoms with Crippen LogP contribution in [0.1, 0.15) is 44.7 Å². The molecule has 0 bridgehead atoms. The lowest BCUT2D eigenvalue weighted by atomic mass is 9.98. The van der Waals surface area contributed by atoms with Crippen molar-refractivity contribution in [1.29, 1.82) is 0 Å². The first-order chi connectivity index (χ1) is 8.66. The van der Waals surface area contributed by atoms with Gasteiger partial charge < -0.3 is 0 Å². The van der Waals surface area contributed by atoms with Crippen molar-refractivity contribution in [3.63, 3.8) is 0 Å². The van der Waals surface area contributed by atoms with Crippen molar-refractivity contribution >= 4 is 0 Å². The van der Waals surface area contributed by atoms with Crippen molar-refractivity contribution in [1.82, 2.24) is 0 Å². The lowest BCUT2D eigenvalue weighted by Crippen LogP contribution is -1.86. The van der Waals surface area contributed by atoms with Crippen LogP contribution < -0.4 is 0 Å². The van der Waals surface area contributed by atoms with Gasteiger partial charge in [-0.1, -0.05) is 81.8 Å². The van der Waals surface area contributed by atoms with Crippen LogP contribution in [0.4, 0.5) is 0 Å². The smallest absolute Gasteiger partial charge is 0.0184 e. The Morgan fingerprint density at radius 3 is 1.44 bits per heavy atom. The molecule has 0 aliphatic rings. The monoisotopic (exact) mass is 240 g/mol. The van der Waals surface area contributed by atoms with E-state index in [9.17, 15) is 0 Å². The number of hydrogen-bond donors (Lipinski definition) is 0. The molecule has 0 N–H and O–H groups in total. The van der Waals surface area contributed by atoms with E-state index >= 15 is 0 Å². The minimum Gasteiger partial charge on any atom is -0.0683 e. The molecule has 0 saturated carbocycles. The summed E-state index contributed by atoms with van der Waals surface area (Å²) in [5.74, 6) is 0.604. The van der Waals surface area contributed by atoms with Crippen LogP contribution in [0.15, 0.2) is 48.5 Å². The number of rotatable bonds is 2. The molecule has 0 aliphatic carbocycles. The van der Waals surface area contributed by atoms with E-state index in [1.807, 2.05) is 13.8 Å². The number of aryl methyl sites for hydroxylation is 1. The number of hydrogen-bond acceptors (Lipinski definition) is 0. The van der Waals surface area contributed by atoms with Gasteiger partial charge in [0.1, 0.15) is 0 Å². The summed E-state index contributed by atoms with van der Waals surface area (Å²) >= 11 is 0. The van der Waals surface area contributed by atoms with Crippen LogP contribution in [0.25, 0.3) is 11.1 Å². The molecule has 2 rings (SSSR count). The van der Waals surface area contributed by atoms with Crippen LogP contribution in [-0.2, 0) is 0 Å². The maximum Gasteiger partial charge on any atom is -0.0184 e. The van der Waals surface area contributed by atoms with Crippen molar-refractivity contribution in [2.24, 2.45) is 0 Å². The first-order valence-electron chi connectivity index (χ1n) is 6.84. The Bertz CT molecular complexity index is 446. The second-order valence-corrected chi connectivity index (χ2v) is 4.64. The molecule has 2 aromatic rings. The molecule has 0 atom stereocenters. The van der Waals surface area contributed by atoms with Gasteiger partial charge in [0.15, 0.2) is 0 Å². The summed E-state index contributed by atoms with van der Waals surface area (Å²) in [5.41, 5.74) is 5.30. The van der Waals surface area contributed by atoms with Crippen LogP contribution in [0.3, 0.4) is 0 Å². The molecule has 96 valence electrons. The van der Waals surface area contributed by atoms with Gasteiger partial charge in [-0.05, 0) is 29.5 Å². The molecular formula is C18H24. The third-order valence-electron chi connectivity index (χ3n) is 2.96.